The van der Waals surface area contributed by atoms with Crippen molar-refractivity contribution in [1.82, 2.24) is 5.32 Å². The van der Waals surface area contributed by atoms with Gasteiger partial charge in [0.2, 0.25) is 5.91 Å². The van der Waals surface area contributed by atoms with Crippen LogP contribution in [0.5, 0.6) is 0 Å². The zero-order chi connectivity index (χ0) is 12.4. The van der Waals surface area contributed by atoms with Crippen LogP contribution in [0.4, 0.5) is 5.69 Å². The van der Waals surface area contributed by atoms with E-state index in [4.69, 9.17) is 0 Å². The first-order valence-electron chi connectivity index (χ1n) is 6.97. The fourth-order valence-electron chi connectivity index (χ4n) is 2.75. The van der Waals surface area contributed by atoms with Crippen LogP contribution in [-0.2, 0) is 17.6 Å². The Bertz CT molecular complexity index is 452. The zero-order valence-corrected chi connectivity index (χ0v) is 10.7. The normalized spacial score (nSPS) is 17.8. The van der Waals surface area contributed by atoms with Crippen molar-refractivity contribution in [2.24, 2.45) is 0 Å². The van der Waals surface area contributed by atoms with Gasteiger partial charge in [0.15, 0.2) is 0 Å². The lowest BCUT2D eigenvalue weighted by Crippen LogP contribution is -2.39. The maximum Gasteiger partial charge on any atom is 0.220 e. The van der Waals surface area contributed by atoms with Crippen molar-refractivity contribution in [2.75, 3.05) is 11.9 Å². The molecule has 0 spiro atoms. The number of amides is 1. The van der Waals surface area contributed by atoms with E-state index in [2.05, 4.69) is 28.8 Å². The van der Waals surface area contributed by atoms with Crippen molar-refractivity contribution in [3.8, 4) is 0 Å². The molecule has 1 heterocycles. The van der Waals surface area contributed by atoms with Gasteiger partial charge in [0.25, 0.3) is 0 Å². The van der Waals surface area contributed by atoms with Crippen LogP contribution in [0.25, 0.3) is 0 Å². The molecular formula is C15H20N2O. The molecule has 0 aromatic heterocycles. The number of rotatable bonds is 4. The number of carbonyl (C=O) groups is 1. The zero-order valence-electron chi connectivity index (χ0n) is 10.7. The van der Waals surface area contributed by atoms with Gasteiger partial charge in [-0.15, -0.1) is 0 Å². The van der Waals surface area contributed by atoms with Gasteiger partial charge in [-0.05, 0) is 49.3 Å². The van der Waals surface area contributed by atoms with Gasteiger partial charge in [0.1, 0.15) is 0 Å². The first-order chi connectivity index (χ1) is 8.83. The number of anilines is 1. The van der Waals surface area contributed by atoms with Crippen molar-refractivity contribution < 1.29 is 4.79 Å². The third-order valence-electron chi connectivity index (χ3n) is 4.06. The second kappa shape index (κ2) is 5.01. The Hall–Kier alpha value is -1.51. The van der Waals surface area contributed by atoms with Crippen molar-refractivity contribution >= 4 is 11.6 Å². The molecule has 0 bridgehead atoms. The first kappa shape index (κ1) is 11.6. The van der Waals surface area contributed by atoms with Crippen LogP contribution < -0.4 is 10.6 Å². The molecular weight excluding hydrogens is 224 g/mol. The molecule has 96 valence electrons. The SMILES string of the molecule is O=C(CCc1cccc2c1CCN2)NC1CCC1. The summed E-state index contributed by atoms with van der Waals surface area (Å²) in [6, 6.07) is 6.82. The lowest BCUT2D eigenvalue weighted by atomic mass is 9.93. The Balaban J connectivity index is 1.56. The van der Waals surface area contributed by atoms with Crippen LogP contribution in [-0.4, -0.2) is 18.5 Å². The highest BCUT2D eigenvalue weighted by molar-refractivity contribution is 5.76. The summed E-state index contributed by atoms with van der Waals surface area (Å²) in [5.41, 5.74) is 4.00. The monoisotopic (exact) mass is 244 g/mol. The summed E-state index contributed by atoms with van der Waals surface area (Å²) >= 11 is 0. The minimum atomic E-state index is 0.211. The van der Waals surface area contributed by atoms with E-state index in [1.807, 2.05) is 0 Å². The summed E-state index contributed by atoms with van der Waals surface area (Å²) in [5, 5.41) is 6.48. The largest absolute Gasteiger partial charge is 0.384 e. The predicted octanol–water partition coefficient (Wildman–Crippen LogP) is 2.26. The molecule has 0 atom stereocenters. The standard InChI is InChI=1S/C15H20N2O/c18-15(17-12-4-2-5-12)8-7-11-3-1-6-14-13(11)9-10-16-14/h1,3,6,12,16H,2,4-5,7-10H2,(H,17,18). The van der Waals surface area contributed by atoms with Gasteiger partial charge < -0.3 is 10.6 Å². The van der Waals surface area contributed by atoms with Crippen molar-refractivity contribution in [2.45, 2.75) is 44.6 Å². The van der Waals surface area contributed by atoms with Gasteiger partial charge in [-0.25, -0.2) is 0 Å². The molecule has 1 aliphatic heterocycles. The van der Waals surface area contributed by atoms with Gasteiger partial charge in [0, 0.05) is 24.7 Å². The van der Waals surface area contributed by atoms with E-state index in [-0.39, 0.29) is 5.91 Å². The van der Waals surface area contributed by atoms with Crippen LogP contribution in [0.15, 0.2) is 18.2 Å². The number of fused-ring (bicyclic) bond motifs is 1. The summed E-state index contributed by atoms with van der Waals surface area (Å²) in [7, 11) is 0. The maximum atomic E-state index is 11.8. The molecule has 2 N–H and O–H groups in total. The second-order valence-corrected chi connectivity index (χ2v) is 5.32. The Morgan fingerprint density at radius 1 is 1.39 bits per heavy atom. The van der Waals surface area contributed by atoms with Crippen LogP contribution in [0.1, 0.15) is 36.8 Å². The molecule has 0 radical (unpaired) electrons. The minimum Gasteiger partial charge on any atom is -0.384 e. The Morgan fingerprint density at radius 2 is 2.28 bits per heavy atom. The number of aryl methyl sites for hydroxylation is 1. The van der Waals surface area contributed by atoms with Crippen molar-refractivity contribution in [3.05, 3.63) is 29.3 Å². The van der Waals surface area contributed by atoms with E-state index in [0.717, 1.165) is 32.2 Å². The fraction of sp³-hybridized carbons (Fsp3) is 0.533. The van der Waals surface area contributed by atoms with E-state index in [0.29, 0.717) is 12.5 Å². The number of hydrogen-bond acceptors (Lipinski definition) is 2. The van der Waals surface area contributed by atoms with E-state index >= 15 is 0 Å². The molecule has 1 aliphatic carbocycles. The van der Waals surface area contributed by atoms with E-state index in [1.165, 1.54) is 23.2 Å². The molecule has 3 rings (SSSR count). The molecule has 1 fully saturated rings. The van der Waals surface area contributed by atoms with Crippen molar-refractivity contribution in [3.63, 3.8) is 0 Å². The smallest absolute Gasteiger partial charge is 0.220 e. The summed E-state index contributed by atoms with van der Waals surface area (Å²) in [6.07, 6.45) is 6.17. The average Bonchev–Trinajstić information content (AvgIpc) is 2.80. The number of hydrogen-bond donors (Lipinski definition) is 2. The van der Waals surface area contributed by atoms with Gasteiger partial charge in [0.05, 0.1) is 0 Å². The number of nitrogens with one attached hydrogen (secondary N) is 2. The van der Waals surface area contributed by atoms with Crippen LogP contribution in [0.3, 0.4) is 0 Å². The summed E-state index contributed by atoms with van der Waals surface area (Å²) in [6.45, 7) is 1.03. The number of carbonyl (C=O) groups excluding carboxylic acids is 1. The van der Waals surface area contributed by atoms with Crippen LogP contribution in [0, 0.1) is 0 Å². The second-order valence-electron chi connectivity index (χ2n) is 5.32. The molecule has 1 saturated carbocycles. The molecule has 2 aliphatic rings. The van der Waals surface area contributed by atoms with Gasteiger partial charge in [-0.3, -0.25) is 4.79 Å². The Morgan fingerprint density at radius 3 is 3.06 bits per heavy atom. The maximum absolute atomic E-state index is 11.8. The number of benzene rings is 1. The molecule has 1 aromatic carbocycles. The quantitative estimate of drug-likeness (QED) is 0.853. The van der Waals surface area contributed by atoms with Gasteiger partial charge in [-0.1, -0.05) is 12.1 Å². The first-order valence-corrected chi connectivity index (χ1v) is 6.97. The van der Waals surface area contributed by atoms with E-state index in [1.54, 1.807) is 0 Å². The molecule has 3 nitrogen and oxygen atoms in total. The Kier molecular flexibility index (Phi) is 3.22. The summed E-state index contributed by atoms with van der Waals surface area (Å²) in [5.74, 6) is 0.211. The van der Waals surface area contributed by atoms with E-state index in [9.17, 15) is 4.79 Å². The molecule has 0 saturated heterocycles. The molecule has 0 unspecified atom stereocenters. The predicted molar refractivity (Wildman–Crippen MR) is 72.7 cm³/mol. The summed E-state index contributed by atoms with van der Waals surface area (Å²) in [4.78, 5) is 11.8. The molecule has 1 aromatic rings. The lowest BCUT2D eigenvalue weighted by molar-refractivity contribution is -0.122. The highest BCUT2D eigenvalue weighted by Gasteiger charge is 2.19. The third-order valence-corrected chi connectivity index (χ3v) is 4.06. The molecule has 3 heteroatoms. The minimum absolute atomic E-state index is 0.211. The summed E-state index contributed by atoms with van der Waals surface area (Å²) < 4.78 is 0. The topological polar surface area (TPSA) is 41.1 Å². The fourth-order valence-corrected chi connectivity index (χ4v) is 2.75. The third kappa shape index (κ3) is 2.35. The van der Waals surface area contributed by atoms with Gasteiger partial charge >= 0.3 is 0 Å². The van der Waals surface area contributed by atoms with Crippen LogP contribution >= 0.6 is 0 Å². The van der Waals surface area contributed by atoms with Crippen LogP contribution in [0.2, 0.25) is 0 Å². The molecule has 18 heavy (non-hydrogen) atoms. The highest BCUT2D eigenvalue weighted by atomic mass is 16.1. The van der Waals surface area contributed by atoms with Crippen molar-refractivity contribution in [1.29, 1.82) is 0 Å². The van der Waals surface area contributed by atoms with E-state index < -0.39 is 0 Å². The lowest BCUT2D eigenvalue weighted by Gasteiger charge is -2.26. The Labute approximate surface area is 108 Å². The molecule has 1 amide bonds. The average molecular weight is 244 g/mol. The highest BCUT2D eigenvalue weighted by Crippen LogP contribution is 2.26. The van der Waals surface area contributed by atoms with Gasteiger partial charge in [-0.2, -0.15) is 0 Å².